The van der Waals surface area contributed by atoms with Crippen LogP contribution in [0.5, 0.6) is 17.2 Å². The van der Waals surface area contributed by atoms with Gasteiger partial charge in [-0.1, -0.05) is 26.3 Å². The lowest BCUT2D eigenvalue weighted by Gasteiger charge is -2.16. The quantitative estimate of drug-likeness (QED) is 0.728. The zero-order valence-electron chi connectivity index (χ0n) is 11.2. The van der Waals surface area contributed by atoms with Crippen LogP contribution < -0.4 is 14.2 Å². The molecule has 0 saturated carbocycles. The van der Waals surface area contributed by atoms with Gasteiger partial charge in [0.05, 0.1) is 20.8 Å². The Morgan fingerprint density at radius 1 is 0.941 bits per heavy atom. The first-order valence-corrected chi connectivity index (χ1v) is 6.15. The highest BCUT2D eigenvalue weighted by molar-refractivity contribution is 5.55. The number of aryl methyl sites for hydroxylation is 1. The van der Waals surface area contributed by atoms with E-state index in [0.29, 0.717) is 12.4 Å². The maximum atomic E-state index is 5.65. The minimum atomic E-state index is 0.687. The Kier molecular flexibility index (Phi) is 5.67. The van der Waals surface area contributed by atoms with Crippen molar-refractivity contribution in [2.24, 2.45) is 0 Å². The first-order valence-electron chi connectivity index (χ1n) is 6.15. The molecule has 0 heterocycles. The Labute approximate surface area is 104 Å². The third-order valence-corrected chi connectivity index (χ3v) is 2.55. The van der Waals surface area contributed by atoms with E-state index in [2.05, 4.69) is 19.9 Å². The number of hydrogen-bond acceptors (Lipinski definition) is 3. The van der Waals surface area contributed by atoms with E-state index in [9.17, 15) is 0 Å². The SMILES string of the molecule is CCCOc1ccc(CCC)c(OC)c1OC. The van der Waals surface area contributed by atoms with Crippen LogP contribution in [0.15, 0.2) is 12.1 Å². The highest BCUT2D eigenvalue weighted by Crippen LogP contribution is 2.40. The number of benzene rings is 1. The molecular weight excluding hydrogens is 216 g/mol. The molecule has 0 aliphatic heterocycles. The molecule has 0 saturated heterocycles. The molecule has 0 unspecified atom stereocenters. The summed E-state index contributed by atoms with van der Waals surface area (Å²) in [6.07, 6.45) is 3.03. The van der Waals surface area contributed by atoms with E-state index in [-0.39, 0.29) is 0 Å². The third kappa shape index (κ3) is 3.29. The second-order valence-electron chi connectivity index (χ2n) is 3.89. The van der Waals surface area contributed by atoms with Crippen molar-refractivity contribution in [3.8, 4) is 17.2 Å². The lowest BCUT2D eigenvalue weighted by atomic mass is 10.1. The summed E-state index contributed by atoms with van der Waals surface area (Å²) >= 11 is 0. The molecule has 0 spiro atoms. The van der Waals surface area contributed by atoms with Crippen LogP contribution in [0.3, 0.4) is 0 Å². The minimum Gasteiger partial charge on any atom is -0.492 e. The maximum absolute atomic E-state index is 5.65. The molecule has 0 atom stereocenters. The van der Waals surface area contributed by atoms with Crippen LogP contribution >= 0.6 is 0 Å². The largest absolute Gasteiger partial charge is 0.492 e. The summed E-state index contributed by atoms with van der Waals surface area (Å²) in [7, 11) is 3.31. The average molecular weight is 238 g/mol. The highest BCUT2D eigenvalue weighted by Gasteiger charge is 2.15. The predicted octanol–water partition coefficient (Wildman–Crippen LogP) is 3.45. The smallest absolute Gasteiger partial charge is 0.203 e. The van der Waals surface area contributed by atoms with E-state index in [1.54, 1.807) is 14.2 Å². The Balaban J connectivity index is 3.08. The summed E-state index contributed by atoms with van der Waals surface area (Å²) in [6, 6.07) is 4.01. The van der Waals surface area contributed by atoms with Crippen molar-refractivity contribution in [3.63, 3.8) is 0 Å². The molecule has 0 aromatic heterocycles. The van der Waals surface area contributed by atoms with E-state index in [1.807, 2.05) is 6.07 Å². The standard InChI is InChI=1S/C14H22O3/c1-5-7-11-8-9-12(17-10-6-2)14(16-4)13(11)15-3/h8-9H,5-7,10H2,1-4H3. The van der Waals surface area contributed by atoms with Crippen LogP contribution in [-0.4, -0.2) is 20.8 Å². The zero-order chi connectivity index (χ0) is 12.7. The normalized spacial score (nSPS) is 10.1. The van der Waals surface area contributed by atoms with E-state index >= 15 is 0 Å². The molecule has 1 aromatic rings. The van der Waals surface area contributed by atoms with Crippen LogP contribution in [0, 0.1) is 0 Å². The fourth-order valence-corrected chi connectivity index (χ4v) is 1.79. The molecule has 1 aromatic carbocycles. The van der Waals surface area contributed by atoms with Gasteiger partial charge in [0, 0.05) is 0 Å². The van der Waals surface area contributed by atoms with Gasteiger partial charge in [0.25, 0.3) is 0 Å². The van der Waals surface area contributed by atoms with Crippen LogP contribution in [0.1, 0.15) is 32.3 Å². The van der Waals surface area contributed by atoms with Gasteiger partial charge in [0.1, 0.15) is 0 Å². The van der Waals surface area contributed by atoms with Crippen LogP contribution in [-0.2, 0) is 6.42 Å². The van der Waals surface area contributed by atoms with Crippen molar-refractivity contribution in [3.05, 3.63) is 17.7 Å². The van der Waals surface area contributed by atoms with Crippen molar-refractivity contribution < 1.29 is 14.2 Å². The lowest BCUT2D eigenvalue weighted by Crippen LogP contribution is -2.01. The van der Waals surface area contributed by atoms with Gasteiger partial charge < -0.3 is 14.2 Å². The predicted molar refractivity (Wildman–Crippen MR) is 69.3 cm³/mol. The summed E-state index contributed by atoms with van der Waals surface area (Å²) in [4.78, 5) is 0. The third-order valence-electron chi connectivity index (χ3n) is 2.55. The van der Waals surface area contributed by atoms with E-state index in [4.69, 9.17) is 14.2 Å². The van der Waals surface area contributed by atoms with Gasteiger partial charge in [-0.15, -0.1) is 0 Å². The van der Waals surface area contributed by atoms with Crippen molar-refractivity contribution in [2.45, 2.75) is 33.1 Å². The Bertz CT molecular complexity index is 348. The van der Waals surface area contributed by atoms with E-state index < -0.39 is 0 Å². The van der Waals surface area contributed by atoms with Gasteiger partial charge in [-0.05, 0) is 24.5 Å². The summed E-state index contributed by atoms with van der Waals surface area (Å²) in [6.45, 7) is 4.91. The van der Waals surface area contributed by atoms with Gasteiger partial charge in [-0.25, -0.2) is 0 Å². The number of hydrogen-bond donors (Lipinski definition) is 0. The van der Waals surface area contributed by atoms with Crippen molar-refractivity contribution in [1.29, 1.82) is 0 Å². The first-order chi connectivity index (χ1) is 8.28. The fourth-order valence-electron chi connectivity index (χ4n) is 1.79. The lowest BCUT2D eigenvalue weighted by molar-refractivity contribution is 0.283. The number of rotatable bonds is 7. The van der Waals surface area contributed by atoms with Crippen molar-refractivity contribution >= 4 is 0 Å². The number of methoxy groups -OCH3 is 2. The zero-order valence-corrected chi connectivity index (χ0v) is 11.2. The van der Waals surface area contributed by atoms with Gasteiger partial charge in [0.2, 0.25) is 5.75 Å². The summed E-state index contributed by atoms with van der Waals surface area (Å²) in [5.74, 6) is 2.25. The first kappa shape index (κ1) is 13.7. The fraction of sp³-hybridized carbons (Fsp3) is 0.571. The highest BCUT2D eigenvalue weighted by atomic mass is 16.5. The molecular formula is C14H22O3. The molecule has 0 fully saturated rings. The number of ether oxygens (including phenoxy) is 3. The average Bonchev–Trinajstić information content (AvgIpc) is 2.36. The molecule has 1 rings (SSSR count). The maximum Gasteiger partial charge on any atom is 0.203 e. The Morgan fingerprint density at radius 3 is 2.18 bits per heavy atom. The second kappa shape index (κ2) is 7.05. The molecule has 3 heteroatoms. The molecule has 0 aliphatic carbocycles. The summed E-state index contributed by atoms with van der Waals surface area (Å²) < 4.78 is 16.5. The van der Waals surface area contributed by atoms with Gasteiger partial charge >= 0.3 is 0 Å². The molecule has 0 aliphatic rings. The van der Waals surface area contributed by atoms with Gasteiger partial charge in [0.15, 0.2) is 11.5 Å². The molecule has 0 bridgehead atoms. The van der Waals surface area contributed by atoms with Crippen LogP contribution in [0.25, 0.3) is 0 Å². The van der Waals surface area contributed by atoms with E-state index in [1.165, 1.54) is 0 Å². The Hall–Kier alpha value is -1.38. The Morgan fingerprint density at radius 2 is 1.65 bits per heavy atom. The summed E-state index contributed by atoms with van der Waals surface area (Å²) in [5.41, 5.74) is 1.16. The molecule has 17 heavy (non-hydrogen) atoms. The minimum absolute atomic E-state index is 0.687. The topological polar surface area (TPSA) is 27.7 Å². The second-order valence-corrected chi connectivity index (χ2v) is 3.89. The van der Waals surface area contributed by atoms with E-state index in [0.717, 1.165) is 36.3 Å². The van der Waals surface area contributed by atoms with Gasteiger partial charge in [-0.3, -0.25) is 0 Å². The molecule has 3 nitrogen and oxygen atoms in total. The van der Waals surface area contributed by atoms with Crippen LogP contribution in [0.2, 0.25) is 0 Å². The molecule has 0 radical (unpaired) electrons. The van der Waals surface area contributed by atoms with Crippen molar-refractivity contribution in [2.75, 3.05) is 20.8 Å². The monoisotopic (exact) mass is 238 g/mol. The van der Waals surface area contributed by atoms with Crippen molar-refractivity contribution in [1.82, 2.24) is 0 Å². The molecule has 96 valence electrons. The van der Waals surface area contributed by atoms with Crippen LogP contribution in [0.4, 0.5) is 0 Å². The summed E-state index contributed by atoms with van der Waals surface area (Å²) in [5, 5.41) is 0. The van der Waals surface area contributed by atoms with Gasteiger partial charge in [-0.2, -0.15) is 0 Å². The molecule has 0 N–H and O–H groups in total. The molecule has 0 amide bonds.